The van der Waals surface area contributed by atoms with E-state index in [2.05, 4.69) is 15.5 Å². The summed E-state index contributed by atoms with van der Waals surface area (Å²) in [5.74, 6) is -2.34. The van der Waals surface area contributed by atoms with Gasteiger partial charge in [0.25, 0.3) is 11.8 Å². The second kappa shape index (κ2) is 15.0. The Bertz CT molecular complexity index is 1720. The van der Waals surface area contributed by atoms with Gasteiger partial charge >= 0.3 is 11.9 Å². The Morgan fingerprint density at radius 2 is 1.75 bits per heavy atom. The molecule has 252 valence electrons. The van der Waals surface area contributed by atoms with Crippen molar-refractivity contribution in [2.45, 2.75) is 43.9 Å². The van der Waals surface area contributed by atoms with Crippen molar-refractivity contribution in [3.05, 3.63) is 92.4 Å². The summed E-state index contributed by atoms with van der Waals surface area (Å²) in [5.41, 5.74) is 6.23. The summed E-state index contributed by atoms with van der Waals surface area (Å²) in [5, 5.41) is 5.94. The van der Waals surface area contributed by atoms with Gasteiger partial charge in [0.05, 0.1) is 0 Å². The number of halogens is 1. The molecular formula is C32H32ClN5O7S3. The zero-order valence-corrected chi connectivity index (χ0v) is 29.5. The number of esters is 2. The Balaban J connectivity index is 1.35. The van der Waals surface area contributed by atoms with Crippen molar-refractivity contribution in [2.24, 2.45) is 5.16 Å². The van der Waals surface area contributed by atoms with Crippen LogP contribution in [0.4, 0.5) is 5.13 Å². The summed E-state index contributed by atoms with van der Waals surface area (Å²) in [6.07, 6.45) is 1.10. The minimum atomic E-state index is -1.03. The number of rotatable bonds is 11. The number of amides is 2. The number of nitrogens with zero attached hydrogens (tertiary/aromatic N) is 3. The molecule has 1 fully saturated rings. The van der Waals surface area contributed by atoms with Gasteiger partial charge in [0, 0.05) is 10.7 Å². The van der Waals surface area contributed by atoms with Crippen LogP contribution in [0.2, 0.25) is 4.34 Å². The monoisotopic (exact) mass is 729 g/mol. The second-order valence-corrected chi connectivity index (χ2v) is 15.1. The van der Waals surface area contributed by atoms with Gasteiger partial charge in [-0.2, -0.15) is 0 Å². The Kier molecular flexibility index (Phi) is 11.0. The van der Waals surface area contributed by atoms with E-state index in [4.69, 9.17) is 31.6 Å². The molecule has 0 spiro atoms. The summed E-state index contributed by atoms with van der Waals surface area (Å²) in [4.78, 5) is 64.5. The Labute approximate surface area is 294 Å². The van der Waals surface area contributed by atoms with Gasteiger partial charge in [-0.1, -0.05) is 88.8 Å². The van der Waals surface area contributed by atoms with Crippen LogP contribution >= 0.6 is 46.5 Å². The number of benzene rings is 2. The van der Waals surface area contributed by atoms with Gasteiger partial charge in [-0.15, -0.1) is 23.5 Å². The van der Waals surface area contributed by atoms with E-state index in [1.54, 1.807) is 20.8 Å². The van der Waals surface area contributed by atoms with Crippen LogP contribution in [0.5, 0.6) is 0 Å². The average molecular weight is 730 g/mol. The topological polar surface area (TPSA) is 163 Å². The van der Waals surface area contributed by atoms with E-state index in [1.807, 2.05) is 66.9 Å². The third kappa shape index (κ3) is 7.97. The fourth-order valence-corrected chi connectivity index (χ4v) is 8.04. The summed E-state index contributed by atoms with van der Waals surface area (Å²) < 4.78 is 11.4. The number of anilines is 1. The number of thiazole rings is 1. The number of carbonyl (C=O) groups is 4. The molecule has 2 unspecified atom stereocenters. The number of aromatic nitrogens is 1. The maximum Gasteiger partial charge on any atom is 0.356 e. The average Bonchev–Trinajstić information content (AvgIpc) is 3.40. The number of thioether (sulfide) groups is 2. The highest BCUT2D eigenvalue weighted by Gasteiger charge is 2.55. The molecule has 2 aliphatic heterocycles. The highest BCUT2D eigenvalue weighted by molar-refractivity contribution is 8.05. The lowest BCUT2D eigenvalue weighted by molar-refractivity contribution is -0.160. The third-order valence-corrected chi connectivity index (χ3v) is 10.3. The molecule has 0 radical (unpaired) electrons. The Morgan fingerprint density at radius 3 is 2.29 bits per heavy atom. The van der Waals surface area contributed by atoms with Gasteiger partial charge in [0.1, 0.15) is 32.7 Å². The number of ether oxygens (including phenoxy) is 2. The number of nitrogen functional groups attached to an aromatic ring is 1. The molecule has 1 aromatic heterocycles. The van der Waals surface area contributed by atoms with Gasteiger partial charge in [-0.3, -0.25) is 14.5 Å². The lowest BCUT2D eigenvalue weighted by Crippen LogP contribution is -2.71. The molecular weight excluding hydrogens is 698 g/mol. The third-order valence-electron chi connectivity index (χ3n) is 6.89. The van der Waals surface area contributed by atoms with Crippen molar-refractivity contribution in [1.29, 1.82) is 0 Å². The zero-order valence-electron chi connectivity index (χ0n) is 26.3. The molecule has 2 aromatic carbocycles. The number of nitrogens with two attached hydrogens (primary N) is 1. The molecule has 2 aliphatic rings. The maximum absolute atomic E-state index is 13.9. The van der Waals surface area contributed by atoms with Crippen molar-refractivity contribution in [3.8, 4) is 0 Å². The van der Waals surface area contributed by atoms with E-state index in [9.17, 15) is 19.2 Å². The zero-order chi connectivity index (χ0) is 34.6. The van der Waals surface area contributed by atoms with Crippen LogP contribution in [0.1, 0.15) is 43.7 Å². The molecule has 16 heteroatoms. The van der Waals surface area contributed by atoms with E-state index >= 15 is 0 Å². The quantitative estimate of drug-likeness (QED) is 0.121. The van der Waals surface area contributed by atoms with Crippen molar-refractivity contribution >= 4 is 81.1 Å². The standard InChI is InChI=1S/C32H32ClN5O7S3/c1-32(2,3)45-20(39)15-43-37-22(21-26(33)48-31(34)36-21)27(40)35-23-28(41)38-24(19(46-4)16-47-29(23)38)30(42)44-25(17-11-7-5-8-12-17)18-13-9-6-10-14-18/h5-14,23,25,29H,15-16H2,1-4H3,(H2,34,36)(H,35,40)/b37-22+. The number of hydrogen-bond donors (Lipinski definition) is 2. The molecule has 0 bridgehead atoms. The van der Waals surface area contributed by atoms with Gasteiger partial charge in [-0.05, 0) is 38.2 Å². The lowest BCUT2D eigenvalue weighted by Gasteiger charge is -2.49. The number of carbonyl (C=O) groups excluding carboxylic acids is 4. The molecule has 2 amide bonds. The fraction of sp³-hybridized carbons (Fsp3) is 0.312. The summed E-state index contributed by atoms with van der Waals surface area (Å²) in [6, 6.07) is 17.6. The van der Waals surface area contributed by atoms with E-state index in [1.165, 1.54) is 28.4 Å². The number of β-lactam (4-membered cyclic amide) rings is 1. The van der Waals surface area contributed by atoms with Gasteiger partial charge in [-0.25, -0.2) is 14.6 Å². The van der Waals surface area contributed by atoms with Crippen molar-refractivity contribution in [1.82, 2.24) is 15.2 Å². The highest BCUT2D eigenvalue weighted by Crippen LogP contribution is 2.44. The summed E-state index contributed by atoms with van der Waals surface area (Å²) in [7, 11) is 0. The first kappa shape index (κ1) is 35.3. The first-order chi connectivity index (χ1) is 22.9. The normalized spacial score (nSPS) is 17.8. The van der Waals surface area contributed by atoms with Crippen LogP contribution in [0.15, 0.2) is 76.4 Å². The predicted molar refractivity (Wildman–Crippen MR) is 186 cm³/mol. The van der Waals surface area contributed by atoms with Gasteiger partial charge in [0.2, 0.25) is 6.61 Å². The molecule has 3 aromatic rings. The molecule has 5 rings (SSSR count). The van der Waals surface area contributed by atoms with Crippen LogP contribution in [0.3, 0.4) is 0 Å². The first-order valence-corrected chi connectivity index (χ1v) is 18.0. The maximum atomic E-state index is 13.9. The predicted octanol–water partition coefficient (Wildman–Crippen LogP) is 4.75. The van der Waals surface area contributed by atoms with Gasteiger partial charge in [0.15, 0.2) is 16.9 Å². The first-order valence-electron chi connectivity index (χ1n) is 14.6. The summed E-state index contributed by atoms with van der Waals surface area (Å²) >= 11 is 9.93. The minimum Gasteiger partial charge on any atom is -0.457 e. The number of hydrogen-bond acceptors (Lipinski definition) is 13. The van der Waals surface area contributed by atoms with Crippen LogP contribution in [-0.2, 0) is 33.5 Å². The number of fused-ring (bicyclic) bond motifs is 1. The van der Waals surface area contributed by atoms with Crippen LogP contribution < -0.4 is 11.1 Å². The molecule has 1 saturated heterocycles. The Hall–Kier alpha value is -4.05. The minimum absolute atomic E-state index is 0.0554. The molecule has 3 N–H and O–H groups in total. The number of nitrogens with one attached hydrogen (secondary N) is 1. The van der Waals surface area contributed by atoms with Crippen molar-refractivity contribution in [2.75, 3.05) is 24.3 Å². The molecule has 0 saturated carbocycles. The largest absolute Gasteiger partial charge is 0.457 e. The van der Waals surface area contributed by atoms with Gasteiger partial charge < -0.3 is 25.4 Å². The van der Waals surface area contributed by atoms with E-state index < -0.39 is 59.2 Å². The molecule has 0 aliphatic carbocycles. The molecule has 3 heterocycles. The van der Waals surface area contributed by atoms with Crippen LogP contribution in [-0.4, -0.2) is 75.0 Å². The second-order valence-electron chi connectivity index (χ2n) is 11.4. The van der Waals surface area contributed by atoms with Crippen LogP contribution in [0, 0.1) is 0 Å². The summed E-state index contributed by atoms with van der Waals surface area (Å²) in [6.45, 7) is 4.49. The van der Waals surface area contributed by atoms with E-state index in [0.29, 0.717) is 10.7 Å². The SMILES string of the molecule is CSC1=C(C(=O)OC(c2ccccc2)c2ccccc2)N2C(=O)C(NC(=O)/C(=N/OCC(=O)OC(C)(C)C)c3nc(N)sc3Cl)C2SC1. The fourth-order valence-electron chi connectivity index (χ4n) is 4.87. The smallest absolute Gasteiger partial charge is 0.356 e. The van der Waals surface area contributed by atoms with E-state index in [-0.39, 0.29) is 20.9 Å². The van der Waals surface area contributed by atoms with Crippen molar-refractivity contribution in [3.63, 3.8) is 0 Å². The van der Waals surface area contributed by atoms with Crippen LogP contribution in [0.25, 0.3) is 0 Å². The Morgan fingerprint density at radius 1 is 1.12 bits per heavy atom. The molecule has 12 nitrogen and oxygen atoms in total. The lowest BCUT2D eigenvalue weighted by atomic mass is 10.0. The molecule has 48 heavy (non-hydrogen) atoms. The molecule has 2 atom stereocenters. The highest BCUT2D eigenvalue weighted by atomic mass is 35.5. The van der Waals surface area contributed by atoms with E-state index in [0.717, 1.165) is 22.5 Å². The number of oxime groups is 1. The van der Waals surface area contributed by atoms with Crippen molar-refractivity contribution < 1.29 is 33.5 Å².